The van der Waals surface area contributed by atoms with Gasteiger partial charge in [-0.05, 0) is 48.5 Å². The van der Waals surface area contributed by atoms with E-state index >= 15 is 0 Å². The van der Waals surface area contributed by atoms with Crippen LogP contribution in [0.5, 0.6) is 11.5 Å². The molecule has 0 aliphatic carbocycles. The van der Waals surface area contributed by atoms with Crippen LogP contribution in [0, 0.1) is 0 Å². The molecule has 142 valence electrons. The number of para-hydroxylation sites is 1. The lowest BCUT2D eigenvalue weighted by Gasteiger charge is -2.35. The van der Waals surface area contributed by atoms with E-state index < -0.39 is 0 Å². The van der Waals surface area contributed by atoms with E-state index in [9.17, 15) is 4.79 Å². The Morgan fingerprint density at radius 3 is 2.18 bits per heavy atom. The highest BCUT2D eigenvalue weighted by Crippen LogP contribution is 2.23. The molecule has 0 bridgehead atoms. The lowest BCUT2D eigenvalue weighted by Crippen LogP contribution is -2.50. The molecular weight excluding hydrogens is 352 g/mol. The number of rotatable bonds is 4. The van der Waals surface area contributed by atoms with E-state index in [0.717, 1.165) is 36.1 Å². The van der Waals surface area contributed by atoms with Crippen molar-refractivity contribution in [2.75, 3.05) is 36.4 Å². The van der Waals surface area contributed by atoms with Crippen molar-refractivity contribution in [2.45, 2.75) is 0 Å². The van der Waals surface area contributed by atoms with Crippen molar-refractivity contribution in [2.24, 2.45) is 0 Å². The first kappa shape index (κ1) is 17.9. The van der Waals surface area contributed by atoms with Crippen molar-refractivity contribution in [1.82, 2.24) is 9.88 Å². The Morgan fingerprint density at radius 2 is 1.50 bits per heavy atom. The molecule has 0 radical (unpaired) electrons. The maximum Gasteiger partial charge on any atom is 0.321 e. The number of nitrogens with one attached hydrogen (secondary N) is 1. The Kier molecular flexibility index (Phi) is 5.38. The second-order valence-corrected chi connectivity index (χ2v) is 6.53. The maximum atomic E-state index is 12.5. The summed E-state index contributed by atoms with van der Waals surface area (Å²) in [5.41, 5.74) is 0.748. The average molecular weight is 374 g/mol. The number of urea groups is 1. The first-order chi connectivity index (χ1) is 13.8. The van der Waals surface area contributed by atoms with Gasteiger partial charge in [0.2, 0.25) is 0 Å². The van der Waals surface area contributed by atoms with Crippen molar-refractivity contribution in [3.63, 3.8) is 0 Å². The predicted octanol–water partition coefficient (Wildman–Crippen LogP) is 4.23. The quantitative estimate of drug-likeness (QED) is 0.743. The topological polar surface area (TPSA) is 57.7 Å². The molecule has 0 spiro atoms. The summed E-state index contributed by atoms with van der Waals surface area (Å²) in [5, 5.41) is 2.95. The van der Waals surface area contributed by atoms with Crippen LogP contribution >= 0.6 is 0 Å². The van der Waals surface area contributed by atoms with Crippen molar-refractivity contribution in [3.8, 4) is 11.5 Å². The number of pyridine rings is 1. The van der Waals surface area contributed by atoms with Crippen molar-refractivity contribution in [3.05, 3.63) is 79.0 Å². The molecule has 1 aliphatic heterocycles. The molecule has 0 saturated carbocycles. The molecule has 0 atom stereocenters. The summed E-state index contributed by atoms with van der Waals surface area (Å²) in [6.07, 6.45) is 1.79. The monoisotopic (exact) mass is 374 g/mol. The van der Waals surface area contributed by atoms with E-state index in [0.29, 0.717) is 13.1 Å². The van der Waals surface area contributed by atoms with Crippen LogP contribution in [0.15, 0.2) is 79.0 Å². The highest BCUT2D eigenvalue weighted by molar-refractivity contribution is 5.89. The van der Waals surface area contributed by atoms with E-state index in [-0.39, 0.29) is 6.03 Å². The van der Waals surface area contributed by atoms with E-state index in [1.54, 1.807) is 6.20 Å². The predicted molar refractivity (Wildman–Crippen MR) is 110 cm³/mol. The molecule has 1 fully saturated rings. The number of anilines is 2. The van der Waals surface area contributed by atoms with Gasteiger partial charge < -0.3 is 19.9 Å². The van der Waals surface area contributed by atoms with Crippen molar-refractivity contribution < 1.29 is 9.53 Å². The van der Waals surface area contributed by atoms with Crippen LogP contribution in [0.25, 0.3) is 0 Å². The Bertz CT molecular complexity index is 893. The van der Waals surface area contributed by atoms with E-state index in [2.05, 4.69) is 15.2 Å². The van der Waals surface area contributed by atoms with Crippen LogP contribution in [-0.2, 0) is 0 Å². The molecule has 1 saturated heterocycles. The van der Waals surface area contributed by atoms with Crippen LogP contribution in [0.1, 0.15) is 0 Å². The van der Waals surface area contributed by atoms with Gasteiger partial charge in [0.25, 0.3) is 0 Å². The van der Waals surface area contributed by atoms with Gasteiger partial charge in [-0.15, -0.1) is 0 Å². The summed E-state index contributed by atoms with van der Waals surface area (Å²) in [6.45, 7) is 2.87. The van der Waals surface area contributed by atoms with Gasteiger partial charge in [-0.3, -0.25) is 0 Å². The van der Waals surface area contributed by atoms with Gasteiger partial charge in [0.15, 0.2) is 0 Å². The van der Waals surface area contributed by atoms with Crippen LogP contribution in [0.3, 0.4) is 0 Å². The zero-order valence-corrected chi connectivity index (χ0v) is 15.5. The average Bonchev–Trinajstić information content (AvgIpc) is 2.76. The molecule has 6 heteroatoms. The van der Waals surface area contributed by atoms with Gasteiger partial charge in [0, 0.05) is 38.1 Å². The second-order valence-electron chi connectivity index (χ2n) is 6.53. The van der Waals surface area contributed by atoms with Crippen LogP contribution < -0.4 is 15.0 Å². The third-order valence-electron chi connectivity index (χ3n) is 4.62. The molecule has 28 heavy (non-hydrogen) atoms. The Balaban J connectivity index is 1.29. The smallest absolute Gasteiger partial charge is 0.321 e. The molecule has 0 unspecified atom stereocenters. The fraction of sp³-hybridized carbons (Fsp3) is 0.182. The number of nitrogens with zero attached hydrogens (tertiary/aromatic N) is 3. The maximum absolute atomic E-state index is 12.5. The molecule has 2 aromatic carbocycles. The molecule has 2 heterocycles. The van der Waals surface area contributed by atoms with E-state index in [1.807, 2.05) is 77.7 Å². The summed E-state index contributed by atoms with van der Waals surface area (Å²) in [7, 11) is 0. The van der Waals surface area contributed by atoms with Crippen LogP contribution in [0.4, 0.5) is 16.3 Å². The van der Waals surface area contributed by atoms with E-state index in [4.69, 9.17) is 4.74 Å². The number of carbonyl (C=O) groups excluding carboxylic acids is 1. The first-order valence-corrected chi connectivity index (χ1v) is 9.33. The summed E-state index contributed by atoms with van der Waals surface area (Å²) < 4.78 is 5.77. The van der Waals surface area contributed by atoms with Gasteiger partial charge in [0.05, 0.1) is 0 Å². The van der Waals surface area contributed by atoms with Gasteiger partial charge >= 0.3 is 6.03 Å². The first-order valence-electron chi connectivity index (χ1n) is 9.33. The minimum absolute atomic E-state index is 0.0857. The Hall–Kier alpha value is -3.54. The summed E-state index contributed by atoms with van der Waals surface area (Å²) in [6, 6.07) is 22.8. The number of hydrogen-bond donors (Lipinski definition) is 1. The number of hydrogen-bond acceptors (Lipinski definition) is 4. The van der Waals surface area contributed by atoms with Crippen LogP contribution in [0.2, 0.25) is 0 Å². The number of aromatic nitrogens is 1. The number of ether oxygens (including phenoxy) is 1. The highest BCUT2D eigenvalue weighted by Gasteiger charge is 2.21. The fourth-order valence-electron chi connectivity index (χ4n) is 3.11. The molecule has 3 aromatic rings. The summed E-state index contributed by atoms with van der Waals surface area (Å²) >= 11 is 0. The SMILES string of the molecule is O=C(Nc1ccc(Oc2ccccc2)cc1)N1CCN(c2ccccn2)CC1. The molecule has 6 nitrogen and oxygen atoms in total. The standard InChI is InChI=1S/C22H22N4O2/c27-22(26-16-14-25(15-17-26)21-8-4-5-13-23-21)24-18-9-11-20(12-10-18)28-19-6-2-1-3-7-19/h1-13H,14-17H2,(H,24,27). The lowest BCUT2D eigenvalue weighted by atomic mass is 10.3. The zero-order chi connectivity index (χ0) is 19.2. The summed E-state index contributed by atoms with van der Waals surface area (Å²) in [5.74, 6) is 2.47. The van der Waals surface area contributed by atoms with Gasteiger partial charge in [-0.1, -0.05) is 24.3 Å². The molecule has 2 amide bonds. The third kappa shape index (κ3) is 4.40. The van der Waals surface area contributed by atoms with Gasteiger partial charge in [-0.2, -0.15) is 0 Å². The lowest BCUT2D eigenvalue weighted by molar-refractivity contribution is 0.208. The largest absolute Gasteiger partial charge is 0.457 e. The Labute approximate surface area is 164 Å². The molecule has 1 N–H and O–H groups in total. The van der Waals surface area contributed by atoms with Crippen molar-refractivity contribution >= 4 is 17.5 Å². The number of benzene rings is 2. The molecule has 4 rings (SSSR count). The normalized spacial score (nSPS) is 13.9. The zero-order valence-electron chi connectivity index (χ0n) is 15.5. The van der Waals surface area contributed by atoms with Crippen molar-refractivity contribution in [1.29, 1.82) is 0 Å². The molecule has 1 aliphatic rings. The number of amides is 2. The van der Waals surface area contributed by atoms with Gasteiger partial charge in [-0.25, -0.2) is 9.78 Å². The highest BCUT2D eigenvalue weighted by atomic mass is 16.5. The summed E-state index contributed by atoms with van der Waals surface area (Å²) in [4.78, 5) is 20.9. The fourth-order valence-corrected chi connectivity index (χ4v) is 3.11. The molecular formula is C22H22N4O2. The number of piperazine rings is 1. The minimum atomic E-state index is -0.0857. The minimum Gasteiger partial charge on any atom is -0.457 e. The van der Waals surface area contributed by atoms with Gasteiger partial charge in [0.1, 0.15) is 17.3 Å². The molecule has 1 aromatic heterocycles. The Morgan fingerprint density at radius 1 is 0.821 bits per heavy atom. The third-order valence-corrected chi connectivity index (χ3v) is 4.62. The van der Waals surface area contributed by atoms with E-state index in [1.165, 1.54) is 0 Å². The number of carbonyl (C=O) groups is 1. The van der Waals surface area contributed by atoms with Crippen LogP contribution in [-0.4, -0.2) is 42.1 Å². The second kappa shape index (κ2) is 8.43.